The van der Waals surface area contributed by atoms with Crippen LogP contribution in [0.25, 0.3) is 22.0 Å². The van der Waals surface area contributed by atoms with Gasteiger partial charge in [0.1, 0.15) is 11.5 Å². The van der Waals surface area contributed by atoms with Crippen LogP contribution >= 0.6 is 0 Å². The van der Waals surface area contributed by atoms with Gasteiger partial charge in [-0.3, -0.25) is 14.3 Å². The molecule has 2 atom stereocenters. The van der Waals surface area contributed by atoms with Crippen LogP contribution in [0.1, 0.15) is 37.3 Å². The Hall–Kier alpha value is -4.08. The van der Waals surface area contributed by atoms with Crippen molar-refractivity contribution in [3.05, 3.63) is 70.8 Å². The van der Waals surface area contributed by atoms with Gasteiger partial charge >= 0.3 is 6.61 Å². The second-order valence-electron chi connectivity index (χ2n) is 9.55. The second-order valence-corrected chi connectivity index (χ2v) is 9.55. The smallest absolute Gasteiger partial charge is 0.387 e. The Balaban J connectivity index is 1.31. The fourth-order valence-electron chi connectivity index (χ4n) is 5.48. The number of alkyl halides is 2. The van der Waals surface area contributed by atoms with Gasteiger partial charge in [-0.25, -0.2) is 14.6 Å². The zero-order valence-corrected chi connectivity index (χ0v) is 19.9. The Bertz CT molecular complexity index is 1530. The number of hydrogen-bond acceptors (Lipinski definition) is 6. The van der Waals surface area contributed by atoms with Gasteiger partial charge < -0.3 is 10.1 Å². The van der Waals surface area contributed by atoms with Crippen molar-refractivity contribution in [1.82, 2.24) is 19.3 Å². The highest BCUT2D eigenvalue weighted by Gasteiger charge is 2.30. The monoisotopic (exact) mass is 505 g/mol. The van der Waals surface area contributed by atoms with E-state index in [-0.39, 0.29) is 17.4 Å². The van der Waals surface area contributed by atoms with Crippen molar-refractivity contribution in [3.63, 3.8) is 0 Å². The molecule has 0 radical (unpaired) electrons. The summed E-state index contributed by atoms with van der Waals surface area (Å²) in [5.41, 5.74) is 2.83. The highest BCUT2D eigenvalue weighted by atomic mass is 19.3. The lowest BCUT2D eigenvalue weighted by Gasteiger charge is -2.18. The first-order chi connectivity index (χ1) is 18.0. The van der Waals surface area contributed by atoms with Crippen molar-refractivity contribution in [2.24, 2.45) is 5.92 Å². The van der Waals surface area contributed by atoms with Crippen LogP contribution in [0.4, 0.5) is 14.7 Å². The number of para-hydroxylation sites is 1. The Labute approximate surface area is 210 Å². The molecule has 1 aliphatic heterocycles. The Morgan fingerprint density at radius 1 is 1.05 bits per heavy atom. The maximum atomic E-state index is 13.1. The van der Waals surface area contributed by atoms with Crippen LogP contribution in [0.3, 0.4) is 0 Å². The summed E-state index contributed by atoms with van der Waals surface area (Å²) in [6.07, 6.45) is 6.18. The van der Waals surface area contributed by atoms with Gasteiger partial charge in [0.25, 0.3) is 5.56 Å². The van der Waals surface area contributed by atoms with Crippen LogP contribution in [-0.2, 0) is 11.3 Å². The molecule has 0 amide bonds. The minimum Gasteiger partial charge on any atom is -0.434 e. The SMILES string of the molecule is O=C1CC[C@@H](CNc2ncc(-c3ccc4c(=O)n5n(c4c3)[C@H](c3ccccc3OC(F)F)CC5)cn2)C1. The molecular weight excluding hydrogens is 480 g/mol. The molecule has 3 heterocycles. The molecule has 37 heavy (non-hydrogen) atoms. The average Bonchev–Trinajstić information content (AvgIpc) is 3.59. The molecule has 0 unspecified atom stereocenters. The number of hydrogen-bond donors (Lipinski definition) is 1. The van der Waals surface area contributed by atoms with Crippen LogP contribution in [0.5, 0.6) is 5.75 Å². The van der Waals surface area contributed by atoms with Gasteiger partial charge in [-0.05, 0) is 42.5 Å². The maximum Gasteiger partial charge on any atom is 0.387 e. The zero-order chi connectivity index (χ0) is 25.5. The normalized spacial score (nSPS) is 19.1. The third-order valence-electron chi connectivity index (χ3n) is 7.25. The number of carbonyl (C=O) groups is 1. The molecule has 0 bridgehead atoms. The van der Waals surface area contributed by atoms with E-state index < -0.39 is 6.61 Å². The molecule has 6 rings (SSSR count). The second kappa shape index (κ2) is 9.42. The number of nitrogens with one attached hydrogen (secondary N) is 1. The largest absolute Gasteiger partial charge is 0.434 e. The number of fused-ring (bicyclic) bond motifs is 3. The predicted molar refractivity (Wildman–Crippen MR) is 134 cm³/mol. The predicted octanol–water partition coefficient (Wildman–Crippen LogP) is 4.64. The van der Waals surface area contributed by atoms with Crippen LogP contribution in [0, 0.1) is 5.92 Å². The standard InChI is InChI=1S/C27H25F2N5O3/c28-26(29)37-24-4-2-1-3-20(24)22-9-10-33-25(36)21-8-6-17(12-23(21)34(22)33)18-14-31-27(32-15-18)30-13-16-5-7-19(35)11-16/h1-4,6,8,12,14-16,22,26H,5,7,9-11,13H2,(H,30,31,32)/t16-,22+/m1/s1. The third-order valence-corrected chi connectivity index (χ3v) is 7.25. The van der Waals surface area contributed by atoms with Crippen LogP contribution in [0.15, 0.2) is 59.7 Å². The van der Waals surface area contributed by atoms with E-state index >= 15 is 0 Å². The van der Waals surface area contributed by atoms with Crippen molar-refractivity contribution in [1.29, 1.82) is 0 Å². The molecule has 1 saturated carbocycles. The molecule has 190 valence electrons. The third kappa shape index (κ3) is 4.36. The van der Waals surface area contributed by atoms with Gasteiger partial charge in [-0.15, -0.1) is 0 Å². The van der Waals surface area contributed by atoms with Crippen LogP contribution in [-0.4, -0.2) is 38.3 Å². The van der Waals surface area contributed by atoms with Crippen molar-refractivity contribution in [3.8, 4) is 16.9 Å². The molecule has 0 spiro atoms. The van der Waals surface area contributed by atoms with Crippen LogP contribution in [0.2, 0.25) is 0 Å². The Morgan fingerprint density at radius 2 is 1.86 bits per heavy atom. The molecule has 1 N–H and O–H groups in total. The first-order valence-corrected chi connectivity index (χ1v) is 12.3. The highest BCUT2D eigenvalue weighted by Crippen LogP contribution is 2.37. The molecule has 0 saturated heterocycles. The number of rotatable bonds is 7. The minimum absolute atomic E-state index is 0.111. The molecular formula is C27H25F2N5O3. The van der Waals surface area contributed by atoms with Gasteiger partial charge in [0.05, 0.1) is 16.9 Å². The summed E-state index contributed by atoms with van der Waals surface area (Å²) >= 11 is 0. The van der Waals surface area contributed by atoms with Crippen molar-refractivity contribution in [2.45, 2.75) is 44.9 Å². The quantitative estimate of drug-likeness (QED) is 0.394. The highest BCUT2D eigenvalue weighted by molar-refractivity contribution is 5.85. The lowest BCUT2D eigenvalue weighted by molar-refractivity contribution is -0.117. The summed E-state index contributed by atoms with van der Waals surface area (Å²) in [7, 11) is 0. The Morgan fingerprint density at radius 3 is 2.62 bits per heavy atom. The molecule has 2 aliphatic rings. The number of nitrogens with zero attached hydrogens (tertiary/aromatic N) is 4. The van der Waals surface area contributed by atoms with E-state index in [1.54, 1.807) is 41.3 Å². The lowest BCUT2D eigenvalue weighted by Crippen LogP contribution is -2.18. The number of ketones is 1. The molecule has 10 heteroatoms. The summed E-state index contributed by atoms with van der Waals surface area (Å²) in [6.45, 7) is -1.79. The molecule has 4 aromatic rings. The number of anilines is 1. The first kappa shape index (κ1) is 23.3. The number of carbonyl (C=O) groups excluding carboxylic acids is 1. The van der Waals surface area contributed by atoms with Gasteiger partial charge in [-0.2, -0.15) is 8.78 Å². The van der Waals surface area contributed by atoms with Crippen molar-refractivity contribution >= 4 is 22.6 Å². The van der Waals surface area contributed by atoms with E-state index in [1.165, 1.54) is 6.07 Å². The first-order valence-electron chi connectivity index (χ1n) is 12.3. The fraction of sp³-hybridized carbons (Fsp3) is 0.333. The van der Waals surface area contributed by atoms with Gasteiger partial charge in [-0.1, -0.05) is 24.3 Å². The van der Waals surface area contributed by atoms with Crippen molar-refractivity contribution < 1.29 is 18.3 Å². The van der Waals surface area contributed by atoms with E-state index in [1.807, 2.05) is 16.8 Å². The number of halogens is 2. The molecule has 8 nitrogen and oxygen atoms in total. The summed E-state index contributed by atoms with van der Waals surface area (Å²) in [4.78, 5) is 33.4. The van der Waals surface area contributed by atoms with Gasteiger partial charge in [0.2, 0.25) is 5.95 Å². The lowest BCUT2D eigenvalue weighted by atomic mass is 10.0. The Kier molecular flexibility index (Phi) is 5.94. The maximum absolute atomic E-state index is 13.1. The van der Waals surface area contributed by atoms with E-state index in [2.05, 4.69) is 15.3 Å². The average molecular weight is 506 g/mol. The van der Waals surface area contributed by atoms with Crippen LogP contribution < -0.4 is 15.6 Å². The summed E-state index contributed by atoms with van der Waals surface area (Å²) < 4.78 is 34.4. The van der Waals surface area contributed by atoms with Gasteiger partial charge in [0.15, 0.2) is 0 Å². The van der Waals surface area contributed by atoms with E-state index in [4.69, 9.17) is 4.74 Å². The van der Waals surface area contributed by atoms with E-state index in [0.29, 0.717) is 66.5 Å². The molecule has 1 fully saturated rings. The van der Waals surface area contributed by atoms with Gasteiger partial charge in [0, 0.05) is 49.5 Å². The summed E-state index contributed by atoms with van der Waals surface area (Å²) in [5, 5.41) is 3.77. The number of Topliss-reactive ketones (excluding diaryl/α,β-unsaturated/α-hetero) is 1. The molecule has 2 aromatic carbocycles. The topological polar surface area (TPSA) is 91.0 Å². The van der Waals surface area contributed by atoms with E-state index in [0.717, 1.165) is 17.5 Å². The summed E-state index contributed by atoms with van der Waals surface area (Å²) in [6, 6.07) is 12.0. The summed E-state index contributed by atoms with van der Waals surface area (Å²) in [5.74, 6) is 1.24. The number of ether oxygens (including phenoxy) is 1. The minimum atomic E-state index is -2.93. The fourth-order valence-corrected chi connectivity index (χ4v) is 5.48. The number of benzene rings is 2. The number of aromatic nitrogens is 4. The zero-order valence-electron chi connectivity index (χ0n) is 19.9. The molecule has 2 aromatic heterocycles. The van der Waals surface area contributed by atoms with E-state index in [9.17, 15) is 18.4 Å². The molecule has 1 aliphatic carbocycles. The van der Waals surface area contributed by atoms with Crippen molar-refractivity contribution in [2.75, 3.05) is 11.9 Å².